The second kappa shape index (κ2) is 3.64. The molecule has 1 amide bonds. The Morgan fingerprint density at radius 3 is 2.85 bits per heavy atom. The number of nitrogens with zero attached hydrogens (tertiary/aromatic N) is 1. The summed E-state index contributed by atoms with van der Waals surface area (Å²) in [5.41, 5.74) is 0. The smallest absolute Gasteiger partial charge is 0.275 e. The van der Waals surface area contributed by atoms with Gasteiger partial charge in [-0.25, -0.2) is 5.06 Å². The molecule has 0 spiro atoms. The molecule has 2 rings (SSSR count). The van der Waals surface area contributed by atoms with E-state index in [1.165, 1.54) is 5.06 Å². The van der Waals surface area contributed by atoms with Crippen molar-refractivity contribution in [1.29, 1.82) is 0 Å². The number of hydrogen-bond acceptors (Lipinski definition) is 3. The van der Waals surface area contributed by atoms with E-state index in [-0.39, 0.29) is 12.0 Å². The Kier molecular flexibility index (Phi) is 2.51. The minimum absolute atomic E-state index is 0.00231. The molecule has 4 nitrogen and oxygen atoms in total. The average Bonchev–Trinajstić information content (AvgIpc) is 2.72. The van der Waals surface area contributed by atoms with Gasteiger partial charge in [-0.2, -0.15) is 0 Å². The van der Waals surface area contributed by atoms with Crippen molar-refractivity contribution in [3.05, 3.63) is 0 Å². The molecule has 2 aliphatic heterocycles. The minimum atomic E-state index is -0.266. The van der Waals surface area contributed by atoms with Gasteiger partial charge in [0, 0.05) is 6.61 Å². The molecule has 0 saturated carbocycles. The number of rotatable bonds is 1. The molecule has 0 aliphatic carbocycles. The first-order valence-corrected chi connectivity index (χ1v) is 4.85. The molecule has 2 heterocycles. The van der Waals surface area contributed by atoms with Crippen molar-refractivity contribution < 1.29 is 14.4 Å². The average molecular weight is 185 g/mol. The Bertz CT molecular complexity index is 201. The second-order valence-electron chi connectivity index (χ2n) is 3.68. The fourth-order valence-corrected chi connectivity index (χ4v) is 1.77. The summed E-state index contributed by atoms with van der Waals surface area (Å²) in [7, 11) is 0. The van der Waals surface area contributed by atoms with Gasteiger partial charge in [-0.3, -0.25) is 9.63 Å². The van der Waals surface area contributed by atoms with E-state index in [1.54, 1.807) is 0 Å². The molecule has 2 aliphatic rings. The Labute approximate surface area is 77.7 Å². The van der Waals surface area contributed by atoms with Gasteiger partial charge in [0.2, 0.25) is 0 Å². The van der Waals surface area contributed by atoms with Gasteiger partial charge in [-0.1, -0.05) is 6.92 Å². The topological polar surface area (TPSA) is 38.8 Å². The highest BCUT2D eigenvalue weighted by Crippen LogP contribution is 2.23. The number of carbonyl (C=O) groups is 1. The van der Waals surface area contributed by atoms with Crippen LogP contribution in [0.25, 0.3) is 0 Å². The van der Waals surface area contributed by atoms with Gasteiger partial charge in [-0.15, -0.1) is 0 Å². The van der Waals surface area contributed by atoms with Crippen molar-refractivity contribution >= 4 is 5.91 Å². The summed E-state index contributed by atoms with van der Waals surface area (Å²) in [5.74, 6) is 0.333. The van der Waals surface area contributed by atoms with E-state index < -0.39 is 0 Å². The van der Waals surface area contributed by atoms with Crippen molar-refractivity contribution in [3.8, 4) is 0 Å². The summed E-state index contributed by atoms with van der Waals surface area (Å²) in [6.07, 6.45) is 1.65. The van der Waals surface area contributed by atoms with E-state index in [1.807, 2.05) is 6.92 Å². The summed E-state index contributed by atoms with van der Waals surface area (Å²) < 4.78 is 5.37. The number of ether oxygens (including phenoxy) is 1. The molecule has 0 aromatic heterocycles. The maximum atomic E-state index is 11.7. The van der Waals surface area contributed by atoms with Gasteiger partial charge in [0.05, 0.1) is 13.2 Å². The molecular weight excluding hydrogens is 170 g/mol. The molecule has 2 saturated heterocycles. The highest BCUT2D eigenvalue weighted by molar-refractivity contribution is 5.80. The molecule has 13 heavy (non-hydrogen) atoms. The first-order valence-electron chi connectivity index (χ1n) is 4.85. The summed E-state index contributed by atoms with van der Waals surface area (Å²) >= 11 is 0. The number of hydroxylamine groups is 2. The molecule has 0 aromatic carbocycles. The lowest BCUT2D eigenvalue weighted by molar-refractivity contribution is -0.179. The largest absolute Gasteiger partial charge is 0.368 e. The molecule has 0 aromatic rings. The quantitative estimate of drug-likeness (QED) is 0.599. The van der Waals surface area contributed by atoms with E-state index in [9.17, 15) is 4.79 Å². The summed E-state index contributed by atoms with van der Waals surface area (Å²) in [5, 5.41) is 1.45. The third-order valence-electron chi connectivity index (χ3n) is 2.63. The molecule has 0 unspecified atom stereocenters. The summed E-state index contributed by atoms with van der Waals surface area (Å²) in [6.45, 7) is 4.12. The molecule has 2 atom stereocenters. The van der Waals surface area contributed by atoms with Crippen molar-refractivity contribution in [2.75, 3.05) is 19.8 Å². The first-order chi connectivity index (χ1) is 6.29. The minimum Gasteiger partial charge on any atom is -0.368 e. The number of amides is 1. The van der Waals surface area contributed by atoms with E-state index >= 15 is 0 Å². The highest BCUT2D eigenvalue weighted by Gasteiger charge is 2.35. The van der Waals surface area contributed by atoms with Crippen LogP contribution in [0.1, 0.15) is 19.8 Å². The van der Waals surface area contributed by atoms with Gasteiger partial charge in [0.1, 0.15) is 6.10 Å². The van der Waals surface area contributed by atoms with Gasteiger partial charge in [0.15, 0.2) is 0 Å². The third kappa shape index (κ3) is 1.69. The lowest BCUT2D eigenvalue weighted by Gasteiger charge is -2.20. The SMILES string of the molecule is C[C@@H]1CCO[C@@H]1C(=O)N1CCCO1. The molecule has 0 radical (unpaired) electrons. The van der Waals surface area contributed by atoms with E-state index in [0.29, 0.717) is 25.7 Å². The molecule has 0 N–H and O–H groups in total. The van der Waals surface area contributed by atoms with E-state index in [4.69, 9.17) is 9.57 Å². The van der Waals surface area contributed by atoms with Crippen molar-refractivity contribution in [3.63, 3.8) is 0 Å². The van der Waals surface area contributed by atoms with Crippen LogP contribution >= 0.6 is 0 Å². The molecule has 0 bridgehead atoms. The number of hydrogen-bond donors (Lipinski definition) is 0. The lowest BCUT2D eigenvalue weighted by atomic mass is 10.0. The maximum Gasteiger partial charge on any atom is 0.275 e. The Balaban J connectivity index is 1.95. The van der Waals surface area contributed by atoms with Gasteiger partial charge >= 0.3 is 0 Å². The van der Waals surface area contributed by atoms with Gasteiger partial charge in [-0.05, 0) is 18.8 Å². The molecule has 2 fully saturated rings. The second-order valence-corrected chi connectivity index (χ2v) is 3.68. The fraction of sp³-hybridized carbons (Fsp3) is 0.889. The van der Waals surface area contributed by atoms with Crippen LogP contribution in [-0.4, -0.2) is 36.8 Å². The van der Waals surface area contributed by atoms with Crippen LogP contribution in [-0.2, 0) is 14.4 Å². The maximum absolute atomic E-state index is 11.7. The zero-order chi connectivity index (χ0) is 9.26. The van der Waals surface area contributed by atoms with Crippen molar-refractivity contribution in [1.82, 2.24) is 5.06 Å². The monoisotopic (exact) mass is 185 g/mol. The standard InChI is InChI=1S/C9H15NO3/c1-7-3-6-12-8(7)9(11)10-4-2-5-13-10/h7-8H,2-6H2,1H3/t7-,8+/m1/s1. The predicted molar refractivity (Wildman–Crippen MR) is 45.8 cm³/mol. The Morgan fingerprint density at radius 2 is 2.31 bits per heavy atom. The molecule has 74 valence electrons. The number of carbonyl (C=O) groups excluding carboxylic acids is 1. The van der Waals surface area contributed by atoms with Crippen molar-refractivity contribution in [2.45, 2.75) is 25.9 Å². The predicted octanol–water partition coefficient (Wildman–Crippen LogP) is 0.575. The van der Waals surface area contributed by atoms with Crippen LogP contribution in [0.5, 0.6) is 0 Å². The molecular formula is C9H15NO3. The van der Waals surface area contributed by atoms with E-state index in [0.717, 1.165) is 12.8 Å². The van der Waals surface area contributed by atoms with Crippen LogP contribution < -0.4 is 0 Å². The van der Waals surface area contributed by atoms with Crippen LogP contribution in [0.2, 0.25) is 0 Å². The van der Waals surface area contributed by atoms with Gasteiger partial charge < -0.3 is 4.74 Å². The molecule has 4 heteroatoms. The summed E-state index contributed by atoms with van der Waals surface area (Å²) in [6, 6.07) is 0. The Hall–Kier alpha value is -0.610. The van der Waals surface area contributed by atoms with Crippen LogP contribution in [0.15, 0.2) is 0 Å². The lowest BCUT2D eigenvalue weighted by Crippen LogP contribution is -2.38. The Morgan fingerprint density at radius 1 is 1.46 bits per heavy atom. The third-order valence-corrected chi connectivity index (χ3v) is 2.63. The fourth-order valence-electron chi connectivity index (χ4n) is 1.77. The normalized spacial score (nSPS) is 34.1. The first kappa shape index (κ1) is 8.97. The zero-order valence-electron chi connectivity index (χ0n) is 7.86. The van der Waals surface area contributed by atoms with E-state index in [2.05, 4.69) is 0 Å². The highest BCUT2D eigenvalue weighted by atomic mass is 16.7. The van der Waals surface area contributed by atoms with Crippen molar-refractivity contribution in [2.24, 2.45) is 5.92 Å². The van der Waals surface area contributed by atoms with Crippen LogP contribution in [0, 0.1) is 5.92 Å². The van der Waals surface area contributed by atoms with Crippen LogP contribution in [0.4, 0.5) is 0 Å². The van der Waals surface area contributed by atoms with Gasteiger partial charge in [0.25, 0.3) is 5.91 Å². The zero-order valence-corrected chi connectivity index (χ0v) is 7.86. The van der Waals surface area contributed by atoms with Crippen LogP contribution in [0.3, 0.4) is 0 Å². The summed E-state index contributed by atoms with van der Waals surface area (Å²) in [4.78, 5) is 16.9.